The first kappa shape index (κ1) is 12.8. The van der Waals surface area contributed by atoms with Gasteiger partial charge in [-0.25, -0.2) is 0 Å². The van der Waals surface area contributed by atoms with Crippen molar-refractivity contribution in [2.24, 2.45) is 0 Å². The molecule has 0 bridgehead atoms. The molecule has 0 fully saturated rings. The summed E-state index contributed by atoms with van der Waals surface area (Å²) in [5.74, 6) is 0. The number of nitro benzene ring substituents is 1. The van der Waals surface area contributed by atoms with Gasteiger partial charge in [-0.3, -0.25) is 10.1 Å². The zero-order chi connectivity index (χ0) is 12.5. The summed E-state index contributed by atoms with van der Waals surface area (Å²) < 4.78 is 36.7. The number of hydrogen-bond acceptors (Lipinski definition) is 3. The van der Waals surface area contributed by atoms with E-state index in [9.17, 15) is 23.3 Å². The number of thioether (sulfide) groups is 1. The van der Waals surface area contributed by atoms with Crippen molar-refractivity contribution in [1.82, 2.24) is 0 Å². The molecular formula is C9H8F3NO2S. The highest BCUT2D eigenvalue weighted by molar-refractivity contribution is 8.00. The van der Waals surface area contributed by atoms with Crippen LogP contribution in [0.4, 0.5) is 18.9 Å². The van der Waals surface area contributed by atoms with Gasteiger partial charge in [-0.1, -0.05) is 12.1 Å². The largest absolute Gasteiger partial charge is 0.446 e. The summed E-state index contributed by atoms with van der Waals surface area (Å²) in [5, 5.41) is 10.7. The number of hydrogen-bond donors (Lipinski definition) is 0. The lowest BCUT2D eigenvalue weighted by atomic mass is 10.1. The zero-order valence-corrected chi connectivity index (χ0v) is 9.28. The summed E-state index contributed by atoms with van der Waals surface area (Å²) in [6.07, 6.45) is 0. The van der Waals surface area contributed by atoms with E-state index in [2.05, 4.69) is 0 Å². The number of nitro groups is 1. The van der Waals surface area contributed by atoms with E-state index in [0.717, 1.165) is 0 Å². The molecule has 0 saturated carbocycles. The maximum atomic E-state index is 12.2. The van der Waals surface area contributed by atoms with Crippen molar-refractivity contribution in [2.45, 2.75) is 24.3 Å². The number of halogens is 3. The molecule has 0 saturated heterocycles. The maximum Gasteiger partial charge on any atom is 0.446 e. The Labute approximate surface area is 93.8 Å². The fourth-order valence-electron chi connectivity index (χ4n) is 1.24. The van der Waals surface area contributed by atoms with Crippen molar-refractivity contribution >= 4 is 17.4 Å². The highest BCUT2D eigenvalue weighted by atomic mass is 32.2. The lowest BCUT2D eigenvalue weighted by Crippen LogP contribution is -2.04. The Balaban J connectivity index is 3.35. The van der Waals surface area contributed by atoms with Crippen LogP contribution in [0.1, 0.15) is 11.1 Å². The van der Waals surface area contributed by atoms with Crippen molar-refractivity contribution in [3.05, 3.63) is 33.4 Å². The zero-order valence-electron chi connectivity index (χ0n) is 8.46. The Morgan fingerprint density at radius 1 is 1.25 bits per heavy atom. The van der Waals surface area contributed by atoms with Gasteiger partial charge in [0.15, 0.2) is 0 Å². The Kier molecular flexibility index (Phi) is 3.47. The van der Waals surface area contributed by atoms with Crippen LogP contribution in [0.3, 0.4) is 0 Å². The smallest absolute Gasteiger partial charge is 0.258 e. The van der Waals surface area contributed by atoms with Crippen LogP contribution in [-0.4, -0.2) is 10.4 Å². The first-order chi connectivity index (χ1) is 7.22. The minimum Gasteiger partial charge on any atom is -0.258 e. The van der Waals surface area contributed by atoms with E-state index in [1.54, 1.807) is 0 Å². The molecule has 0 aliphatic rings. The van der Waals surface area contributed by atoms with Crippen LogP contribution in [-0.2, 0) is 0 Å². The molecule has 3 nitrogen and oxygen atoms in total. The molecule has 0 aliphatic heterocycles. The molecule has 0 amide bonds. The third-order valence-electron chi connectivity index (χ3n) is 1.93. The molecule has 0 spiro atoms. The molecule has 0 atom stereocenters. The third kappa shape index (κ3) is 2.88. The molecular weight excluding hydrogens is 243 g/mol. The summed E-state index contributed by atoms with van der Waals surface area (Å²) in [5.41, 5.74) is -4.52. The van der Waals surface area contributed by atoms with E-state index in [1.165, 1.54) is 26.0 Å². The third-order valence-corrected chi connectivity index (χ3v) is 2.88. The number of rotatable bonds is 2. The van der Waals surface area contributed by atoms with Crippen molar-refractivity contribution < 1.29 is 18.1 Å². The highest BCUT2D eigenvalue weighted by Crippen LogP contribution is 2.44. The molecule has 0 aliphatic carbocycles. The standard InChI is InChI=1S/C9H8F3NO2S/c1-5-3-4-6(2)8(7(5)13(14)15)16-9(10,11)12/h3-4H,1-2H3. The Bertz CT molecular complexity index is 431. The van der Waals surface area contributed by atoms with E-state index < -0.39 is 27.9 Å². The first-order valence-corrected chi connectivity index (χ1v) is 5.04. The van der Waals surface area contributed by atoms with Crippen LogP contribution in [0.2, 0.25) is 0 Å². The van der Waals surface area contributed by atoms with E-state index in [-0.39, 0.29) is 16.0 Å². The minimum absolute atomic E-state index is 0.224. The van der Waals surface area contributed by atoms with Crippen molar-refractivity contribution in [3.63, 3.8) is 0 Å². The van der Waals surface area contributed by atoms with Crippen LogP contribution in [0, 0.1) is 24.0 Å². The monoisotopic (exact) mass is 251 g/mol. The molecule has 7 heteroatoms. The van der Waals surface area contributed by atoms with Gasteiger partial charge < -0.3 is 0 Å². The molecule has 0 radical (unpaired) electrons. The predicted octanol–water partition coefficient (Wildman–Crippen LogP) is 3.82. The number of nitrogens with zero attached hydrogens (tertiary/aromatic N) is 1. The quantitative estimate of drug-likeness (QED) is 0.456. The molecule has 1 aromatic rings. The molecule has 16 heavy (non-hydrogen) atoms. The van der Waals surface area contributed by atoms with Gasteiger partial charge in [-0.2, -0.15) is 13.2 Å². The summed E-state index contributed by atoms with van der Waals surface area (Å²) >= 11 is -0.445. The van der Waals surface area contributed by atoms with Gasteiger partial charge in [0, 0.05) is 5.56 Å². The topological polar surface area (TPSA) is 43.1 Å². The van der Waals surface area contributed by atoms with Crippen LogP contribution in [0.15, 0.2) is 17.0 Å². The van der Waals surface area contributed by atoms with Crippen molar-refractivity contribution in [3.8, 4) is 0 Å². The van der Waals surface area contributed by atoms with E-state index in [1.807, 2.05) is 0 Å². The summed E-state index contributed by atoms with van der Waals surface area (Å²) in [7, 11) is 0. The van der Waals surface area contributed by atoms with Gasteiger partial charge in [0.1, 0.15) is 0 Å². The van der Waals surface area contributed by atoms with E-state index in [0.29, 0.717) is 0 Å². The molecule has 1 rings (SSSR count). The van der Waals surface area contributed by atoms with Crippen molar-refractivity contribution in [2.75, 3.05) is 0 Å². The second kappa shape index (κ2) is 4.32. The normalized spacial score (nSPS) is 11.6. The second-order valence-corrected chi connectivity index (χ2v) is 4.26. The minimum atomic E-state index is -4.52. The molecule has 0 aromatic heterocycles. The van der Waals surface area contributed by atoms with Gasteiger partial charge in [0.2, 0.25) is 0 Å². The van der Waals surface area contributed by atoms with Crippen molar-refractivity contribution in [1.29, 1.82) is 0 Å². The lowest BCUT2D eigenvalue weighted by molar-refractivity contribution is -0.388. The molecule has 0 N–H and O–H groups in total. The van der Waals surface area contributed by atoms with Crippen LogP contribution >= 0.6 is 11.8 Å². The molecule has 0 heterocycles. The average molecular weight is 251 g/mol. The number of alkyl halides is 3. The molecule has 88 valence electrons. The van der Waals surface area contributed by atoms with Gasteiger partial charge in [-0.05, 0) is 31.2 Å². The predicted molar refractivity (Wildman–Crippen MR) is 54.5 cm³/mol. The Morgan fingerprint density at radius 3 is 2.19 bits per heavy atom. The van der Waals surface area contributed by atoms with Gasteiger partial charge >= 0.3 is 5.51 Å². The number of aryl methyl sites for hydroxylation is 2. The van der Waals surface area contributed by atoms with Crippen LogP contribution in [0.5, 0.6) is 0 Å². The SMILES string of the molecule is Cc1ccc(C)c([N+](=O)[O-])c1SC(F)(F)F. The molecule has 0 unspecified atom stereocenters. The van der Waals surface area contributed by atoms with Gasteiger partial charge in [0.25, 0.3) is 5.69 Å². The first-order valence-electron chi connectivity index (χ1n) is 4.22. The average Bonchev–Trinajstić information content (AvgIpc) is 2.08. The van der Waals surface area contributed by atoms with E-state index in [4.69, 9.17) is 0 Å². The number of benzene rings is 1. The summed E-state index contributed by atoms with van der Waals surface area (Å²) in [6.45, 7) is 2.83. The fourth-order valence-corrected chi connectivity index (χ4v) is 2.03. The Morgan fingerprint density at radius 2 is 1.75 bits per heavy atom. The van der Waals surface area contributed by atoms with Gasteiger partial charge in [0.05, 0.1) is 9.82 Å². The second-order valence-electron chi connectivity index (χ2n) is 3.18. The Hall–Kier alpha value is -1.24. The van der Waals surface area contributed by atoms with E-state index >= 15 is 0 Å². The van der Waals surface area contributed by atoms with Gasteiger partial charge in [-0.15, -0.1) is 0 Å². The lowest BCUT2D eigenvalue weighted by Gasteiger charge is -2.10. The summed E-state index contributed by atoms with van der Waals surface area (Å²) in [4.78, 5) is 9.59. The van der Waals surface area contributed by atoms with Crippen LogP contribution < -0.4 is 0 Å². The van der Waals surface area contributed by atoms with Crippen LogP contribution in [0.25, 0.3) is 0 Å². The molecule has 1 aromatic carbocycles. The fraction of sp³-hybridized carbons (Fsp3) is 0.333. The maximum absolute atomic E-state index is 12.2. The highest BCUT2D eigenvalue weighted by Gasteiger charge is 2.34. The summed E-state index contributed by atoms with van der Waals surface area (Å²) in [6, 6.07) is 2.88.